The smallest absolute Gasteiger partial charge is 0.256 e. The number of aryl methyl sites for hydroxylation is 3. The molecule has 0 saturated heterocycles. The Morgan fingerprint density at radius 3 is 2.21 bits per heavy atom. The fraction of sp³-hybridized carbons (Fsp3) is 0.167. The molecule has 8 heteroatoms. The van der Waals surface area contributed by atoms with Crippen LogP contribution in [0.1, 0.15) is 46.2 Å². The summed E-state index contributed by atoms with van der Waals surface area (Å²) in [4.78, 5) is 29.2. The second-order valence-electron chi connectivity index (χ2n) is 14.3. The van der Waals surface area contributed by atoms with Gasteiger partial charge in [-0.15, -0.1) is 0 Å². The van der Waals surface area contributed by atoms with E-state index in [1.54, 1.807) is 0 Å². The Balaban J connectivity index is 1.09. The second-order valence-corrected chi connectivity index (χ2v) is 14.3. The first-order chi connectivity index (χ1) is 27.5. The molecule has 3 heterocycles. The molecule has 0 saturated carbocycles. The first-order valence-corrected chi connectivity index (χ1v) is 19.2. The van der Waals surface area contributed by atoms with Gasteiger partial charge in [0.15, 0.2) is 0 Å². The van der Waals surface area contributed by atoms with E-state index in [4.69, 9.17) is 14.7 Å². The monoisotopic (exact) mass is 734 g/mol. The van der Waals surface area contributed by atoms with Crippen molar-refractivity contribution in [1.82, 2.24) is 19.1 Å². The van der Waals surface area contributed by atoms with Gasteiger partial charge in [0.25, 0.3) is 5.91 Å². The zero-order valence-electron chi connectivity index (χ0n) is 31.8. The molecule has 0 atom stereocenters. The van der Waals surface area contributed by atoms with Crippen molar-refractivity contribution < 1.29 is 9.53 Å². The van der Waals surface area contributed by atoms with Crippen LogP contribution in [0.2, 0.25) is 0 Å². The lowest BCUT2D eigenvalue weighted by molar-refractivity contribution is 0.102. The topological polar surface area (TPSA) is 86.3 Å². The molecule has 1 amide bonds. The van der Waals surface area contributed by atoms with E-state index in [-0.39, 0.29) is 5.91 Å². The molecule has 0 radical (unpaired) electrons. The van der Waals surface area contributed by atoms with E-state index in [1.807, 2.05) is 78.9 Å². The molecule has 1 aliphatic heterocycles. The highest BCUT2D eigenvalue weighted by atomic mass is 16.5. The summed E-state index contributed by atoms with van der Waals surface area (Å²) in [6.07, 6.45) is 1.87. The molecule has 276 valence electrons. The van der Waals surface area contributed by atoms with E-state index in [0.29, 0.717) is 36.8 Å². The number of anilines is 1. The van der Waals surface area contributed by atoms with Crippen LogP contribution in [-0.4, -0.2) is 44.1 Å². The quantitative estimate of drug-likeness (QED) is 0.152. The van der Waals surface area contributed by atoms with Crippen LogP contribution in [0.4, 0.5) is 5.69 Å². The number of carbonyl (C=O) groups is 1. The fourth-order valence-corrected chi connectivity index (χ4v) is 7.89. The highest BCUT2D eigenvalue weighted by Gasteiger charge is 2.23. The lowest BCUT2D eigenvalue weighted by Crippen LogP contribution is -2.17. The lowest BCUT2D eigenvalue weighted by atomic mass is 9.90. The summed E-state index contributed by atoms with van der Waals surface area (Å²) in [5.74, 6) is 2.36. The number of rotatable bonds is 10. The van der Waals surface area contributed by atoms with Crippen LogP contribution in [0.3, 0.4) is 0 Å². The third-order valence-corrected chi connectivity index (χ3v) is 10.6. The first kappa shape index (κ1) is 34.9. The van der Waals surface area contributed by atoms with Gasteiger partial charge < -0.3 is 19.2 Å². The molecule has 0 spiro atoms. The number of para-hydroxylation sites is 3. The van der Waals surface area contributed by atoms with Gasteiger partial charge in [-0.05, 0) is 83.1 Å². The van der Waals surface area contributed by atoms with Crippen molar-refractivity contribution in [2.45, 2.75) is 33.2 Å². The molecule has 1 N–H and O–H groups in total. The van der Waals surface area contributed by atoms with Crippen LogP contribution in [0.5, 0.6) is 0 Å². The summed E-state index contributed by atoms with van der Waals surface area (Å²) >= 11 is 0. The van der Waals surface area contributed by atoms with E-state index in [1.165, 1.54) is 0 Å². The number of amides is 1. The molecule has 6 aromatic carbocycles. The van der Waals surface area contributed by atoms with Gasteiger partial charge in [0, 0.05) is 25.6 Å². The van der Waals surface area contributed by atoms with Crippen LogP contribution < -0.4 is 5.32 Å². The van der Waals surface area contributed by atoms with Crippen LogP contribution in [0.15, 0.2) is 138 Å². The van der Waals surface area contributed by atoms with Crippen LogP contribution >= 0.6 is 0 Å². The van der Waals surface area contributed by atoms with Crippen molar-refractivity contribution >= 4 is 39.6 Å². The van der Waals surface area contributed by atoms with Gasteiger partial charge in [-0.3, -0.25) is 4.79 Å². The van der Waals surface area contributed by atoms with Crippen molar-refractivity contribution in [3.8, 4) is 33.6 Å². The maximum Gasteiger partial charge on any atom is 0.256 e. The van der Waals surface area contributed by atoms with E-state index in [0.717, 1.165) is 91.1 Å². The Bertz CT molecular complexity index is 2780. The molecule has 0 fully saturated rings. The van der Waals surface area contributed by atoms with E-state index < -0.39 is 0 Å². The third kappa shape index (κ3) is 6.43. The summed E-state index contributed by atoms with van der Waals surface area (Å²) in [5.41, 5.74) is 13.2. The van der Waals surface area contributed by atoms with Gasteiger partial charge in [-0.25, -0.2) is 15.0 Å². The minimum atomic E-state index is -0.199. The zero-order chi connectivity index (χ0) is 38.2. The lowest BCUT2D eigenvalue weighted by Gasteiger charge is -2.17. The molecular weight excluding hydrogens is 693 g/mol. The largest absolute Gasteiger partial charge is 0.475 e. The predicted molar refractivity (Wildman–Crippen MR) is 226 cm³/mol. The van der Waals surface area contributed by atoms with Gasteiger partial charge in [0.05, 0.1) is 45.4 Å². The van der Waals surface area contributed by atoms with Gasteiger partial charge in [-0.1, -0.05) is 104 Å². The number of fused-ring (bicyclic) bond motifs is 2. The number of carbonyl (C=O) groups excluding carboxylic acids is 1. The van der Waals surface area contributed by atoms with Crippen molar-refractivity contribution in [3.63, 3.8) is 0 Å². The van der Waals surface area contributed by atoms with Crippen molar-refractivity contribution in [1.29, 1.82) is 0 Å². The Morgan fingerprint density at radius 2 is 1.46 bits per heavy atom. The van der Waals surface area contributed by atoms with Gasteiger partial charge in [0.1, 0.15) is 18.3 Å². The van der Waals surface area contributed by atoms with E-state index in [2.05, 4.69) is 94.9 Å². The van der Waals surface area contributed by atoms with Crippen LogP contribution in [0.25, 0.3) is 55.7 Å². The van der Waals surface area contributed by atoms with E-state index >= 15 is 0 Å². The number of ether oxygens (including phenoxy) is 1. The number of benzene rings is 6. The summed E-state index contributed by atoms with van der Waals surface area (Å²) in [6.45, 7) is 6.15. The Labute approximate surface area is 326 Å². The predicted octanol–water partition coefficient (Wildman–Crippen LogP) is 10.3. The summed E-state index contributed by atoms with van der Waals surface area (Å²) in [5, 5.41) is 3.22. The molecule has 1 aliphatic rings. The number of aromatic nitrogens is 4. The molecule has 2 aromatic heterocycles. The van der Waals surface area contributed by atoms with Crippen LogP contribution in [0, 0.1) is 6.92 Å². The molecular formula is C48H42N6O2. The Kier molecular flexibility index (Phi) is 9.23. The number of hydrogen-bond donors (Lipinski definition) is 1. The normalized spacial score (nSPS) is 12.6. The highest BCUT2D eigenvalue weighted by Crippen LogP contribution is 2.35. The fourth-order valence-electron chi connectivity index (χ4n) is 7.89. The maximum atomic E-state index is 14.5. The molecule has 0 unspecified atom stereocenters. The maximum absolute atomic E-state index is 14.5. The third-order valence-electron chi connectivity index (χ3n) is 10.6. The molecule has 9 rings (SSSR count). The van der Waals surface area contributed by atoms with Crippen molar-refractivity contribution in [2.75, 3.05) is 18.5 Å². The van der Waals surface area contributed by atoms with Crippen molar-refractivity contribution in [2.24, 2.45) is 12.0 Å². The SMILES string of the molecule is CCCc1nc2c(C)cc(-c3nc4ccccc4n3C)cc2n1Cc1ccc(-c2cccc(-c3ccccc3)c2C(=O)Nc2ccccc2C2=NCCO2)cc1. The minimum Gasteiger partial charge on any atom is -0.475 e. The van der Waals surface area contributed by atoms with Crippen molar-refractivity contribution in [3.05, 3.63) is 162 Å². The Morgan fingerprint density at radius 1 is 0.750 bits per heavy atom. The average Bonchev–Trinajstić information content (AvgIpc) is 3.98. The number of imidazole rings is 2. The summed E-state index contributed by atoms with van der Waals surface area (Å²) in [6, 6.07) is 45.1. The minimum absolute atomic E-state index is 0.199. The van der Waals surface area contributed by atoms with Crippen LogP contribution in [-0.2, 0) is 24.8 Å². The zero-order valence-corrected chi connectivity index (χ0v) is 31.8. The Hall–Kier alpha value is -6.80. The molecule has 8 aromatic rings. The summed E-state index contributed by atoms with van der Waals surface area (Å²) in [7, 11) is 2.08. The number of nitrogens with zero attached hydrogens (tertiary/aromatic N) is 5. The molecule has 8 nitrogen and oxygen atoms in total. The average molecular weight is 735 g/mol. The standard InChI is InChI=1S/C48H42N6O2/c1-4-13-43-52-45-31(2)28-35(46-50-40-20-10-11-21-41(40)53(46)3)29-42(45)54(43)30-32-22-24-34(25-23-32)37-18-12-17-36(33-14-6-5-7-15-33)44(37)47(55)51-39-19-9-8-16-38(39)48-49-26-27-56-48/h5-12,14-25,28-29H,4,13,26-27,30H2,1-3H3,(H,51,55). The summed E-state index contributed by atoms with van der Waals surface area (Å²) < 4.78 is 10.3. The highest BCUT2D eigenvalue weighted by molar-refractivity contribution is 6.15. The van der Waals surface area contributed by atoms with Gasteiger partial charge >= 0.3 is 0 Å². The number of aliphatic imine (C=N–C) groups is 1. The number of nitrogens with one attached hydrogen (secondary N) is 1. The molecule has 0 aliphatic carbocycles. The molecule has 0 bridgehead atoms. The first-order valence-electron chi connectivity index (χ1n) is 19.2. The number of hydrogen-bond acceptors (Lipinski definition) is 5. The van der Waals surface area contributed by atoms with E-state index in [9.17, 15) is 4.79 Å². The van der Waals surface area contributed by atoms with Gasteiger partial charge in [-0.2, -0.15) is 0 Å². The second kappa shape index (κ2) is 14.8. The van der Waals surface area contributed by atoms with Gasteiger partial charge in [0.2, 0.25) is 5.90 Å². The molecule has 56 heavy (non-hydrogen) atoms.